The molecule has 1 aromatic rings. The summed E-state index contributed by atoms with van der Waals surface area (Å²) in [5.41, 5.74) is 1.00. The van der Waals surface area contributed by atoms with Gasteiger partial charge in [0.15, 0.2) is 5.96 Å². The molecule has 158 valence electrons. The largest absolute Gasteiger partial charge is 0.435 e. The van der Waals surface area contributed by atoms with E-state index in [4.69, 9.17) is 4.99 Å². The number of nitrogens with one attached hydrogen (secondary N) is 1. The molecule has 1 aliphatic rings. The molecule has 0 spiro atoms. The maximum atomic E-state index is 12.3. The van der Waals surface area contributed by atoms with Gasteiger partial charge in [0.1, 0.15) is 5.75 Å². The predicted molar refractivity (Wildman–Crippen MR) is 109 cm³/mol. The van der Waals surface area contributed by atoms with Crippen molar-refractivity contribution in [1.82, 2.24) is 20.0 Å². The number of likely N-dealkylation sites (N-methyl/N-ethyl adjacent to an activating group) is 1. The van der Waals surface area contributed by atoms with Crippen LogP contribution >= 0.6 is 0 Å². The van der Waals surface area contributed by atoms with Crippen molar-refractivity contribution in [2.24, 2.45) is 4.99 Å². The van der Waals surface area contributed by atoms with E-state index in [0.717, 1.165) is 50.8 Å². The third-order valence-corrected chi connectivity index (χ3v) is 4.93. The second-order valence-corrected chi connectivity index (χ2v) is 7.26. The van der Waals surface area contributed by atoms with E-state index in [1.54, 1.807) is 24.3 Å². The molecule has 0 amide bonds. The molecule has 6 nitrogen and oxygen atoms in total. The topological polar surface area (TPSA) is 43.3 Å². The van der Waals surface area contributed by atoms with Crippen LogP contribution in [0.2, 0.25) is 0 Å². The molecule has 1 aliphatic heterocycles. The van der Waals surface area contributed by atoms with E-state index in [1.807, 2.05) is 18.9 Å². The van der Waals surface area contributed by atoms with Crippen molar-refractivity contribution in [2.75, 3.05) is 53.4 Å². The summed E-state index contributed by atoms with van der Waals surface area (Å²) in [5.74, 6) is 1.01. The molecule has 2 rings (SSSR count). The van der Waals surface area contributed by atoms with Crippen molar-refractivity contribution in [1.29, 1.82) is 0 Å². The first-order valence-corrected chi connectivity index (χ1v) is 9.84. The van der Waals surface area contributed by atoms with Gasteiger partial charge in [0.25, 0.3) is 0 Å². The molecule has 0 saturated carbocycles. The van der Waals surface area contributed by atoms with Gasteiger partial charge in [-0.05, 0) is 38.6 Å². The van der Waals surface area contributed by atoms with Crippen molar-refractivity contribution in [3.05, 3.63) is 29.8 Å². The first-order chi connectivity index (χ1) is 13.4. The molecule has 1 unspecified atom stereocenters. The second kappa shape index (κ2) is 11.2. The number of guanidine groups is 1. The van der Waals surface area contributed by atoms with Gasteiger partial charge in [-0.15, -0.1) is 0 Å². The average molecular weight is 398 g/mol. The summed E-state index contributed by atoms with van der Waals surface area (Å²) in [4.78, 5) is 11.7. The Bertz CT molecular complexity index is 603. The number of hydrogen-bond acceptors (Lipinski definition) is 4. The molecule has 1 saturated heterocycles. The minimum Gasteiger partial charge on any atom is -0.435 e. The molecular weight excluding hydrogens is 364 g/mol. The highest BCUT2D eigenvalue weighted by atomic mass is 19.3. The smallest absolute Gasteiger partial charge is 0.387 e. The number of hydrogen-bond donors (Lipinski definition) is 1. The van der Waals surface area contributed by atoms with E-state index >= 15 is 0 Å². The van der Waals surface area contributed by atoms with Crippen molar-refractivity contribution in [3.8, 4) is 5.75 Å². The lowest BCUT2D eigenvalue weighted by Gasteiger charge is -2.36. The Kier molecular flexibility index (Phi) is 8.92. The van der Waals surface area contributed by atoms with E-state index in [2.05, 4.69) is 33.8 Å². The van der Waals surface area contributed by atoms with Crippen molar-refractivity contribution >= 4 is 5.96 Å². The number of alkyl halides is 2. The van der Waals surface area contributed by atoms with E-state index < -0.39 is 6.61 Å². The van der Waals surface area contributed by atoms with Crippen LogP contribution in [0.1, 0.15) is 19.4 Å². The van der Waals surface area contributed by atoms with Gasteiger partial charge < -0.3 is 19.9 Å². The Morgan fingerprint density at radius 3 is 2.43 bits per heavy atom. The maximum Gasteiger partial charge on any atom is 0.387 e. The fraction of sp³-hybridized carbons (Fsp3) is 0.650. The van der Waals surface area contributed by atoms with Crippen LogP contribution < -0.4 is 10.1 Å². The highest BCUT2D eigenvalue weighted by Crippen LogP contribution is 2.16. The Morgan fingerprint density at radius 2 is 1.86 bits per heavy atom. The number of aliphatic imine (C=N–C) groups is 1. The number of rotatable bonds is 8. The summed E-state index contributed by atoms with van der Waals surface area (Å²) in [7, 11) is 4.14. The van der Waals surface area contributed by atoms with Gasteiger partial charge in [-0.1, -0.05) is 12.1 Å². The maximum absolute atomic E-state index is 12.3. The molecule has 0 aromatic heterocycles. The number of ether oxygens (including phenoxy) is 1. The minimum atomic E-state index is -2.80. The van der Waals surface area contributed by atoms with Crippen LogP contribution in [0.3, 0.4) is 0 Å². The lowest BCUT2D eigenvalue weighted by atomic mass is 10.2. The molecular formula is C20H33F2N5O. The Hall–Kier alpha value is -1.93. The van der Waals surface area contributed by atoms with Crippen molar-refractivity contribution in [3.63, 3.8) is 0 Å². The third kappa shape index (κ3) is 7.24. The first kappa shape index (κ1) is 22.4. The summed E-state index contributed by atoms with van der Waals surface area (Å²) in [6.07, 6.45) is 0. The van der Waals surface area contributed by atoms with Crippen LogP contribution in [-0.2, 0) is 6.54 Å². The van der Waals surface area contributed by atoms with E-state index in [-0.39, 0.29) is 5.75 Å². The third-order valence-electron chi connectivity index (χ3n) is 4.93. The van der Waals surface area contributed by atoms with Gasteiger partial charge in [0.2, 0.25) is 0 Å². The van der Waals surface area contributed by atoms with E-state index in [0.29, 0.717) is 12.6 Å². The lowest BCUT2D eigenvalue weighted by molar-refractivity contribution is -0.0498. The second-order valence-electron chi connectivity index (χ2n) is 7.26. The van der Waals surface area contributed by atoms with Crippen LogP contribution in [-0.4, -0.2) is 86.7 Å². The standard InChI is InChI=1S/C20H33F2N5O/c1-5-23-20(24-14-16(2)27-12-10-25(3)11-13-27)26(4)15-17-6-8-18(9-7-17)28-19(21)22/h6-9,16,19H,5,10-15H2,1-4H3,(H,23,24). The fourth-order valence-electron chi connectivity index (χ4n) is 3.19. The average Bonchev–Trinajstić information content (AvgIpc) is 2.66. The summed E-state index contributed by atoms with van der Waals surface area (Å²) in [6, 6.07) is 7.11. The van der Waals surface area contributed by atoms with Crippen LogP contribution in [0.15, 0.2) is 29.3 Å². The summed E-state index contributed by atoms with van der Waals surface area (Å²) in [6.45, 7) is 7.96. The highest BCUT2D eigenvalue weighted by molar-refractivity contribution is 5.79. The van der Waals surface area contributed by atoms with Crippen LogP contribution in [0.25, 0.3) is 0 Å². The van der Waals surface area contributed by atoms with Gasteiger partial charge in [-0.2, -0.15) is 8.78 Å². The number of piperazine rings is 1. The number of nitrogens with zero attached hydrogens (tertiary/aromatic N) is 4. The molecule has 0 aliphatic carbocycles. The molecule has 1 heterocycles. The lowest BCUT2D eigenvalue weighted by Crippen LogP contribution is -2.49. The minimum absolute atomic E-state index is 0.169. The van der Waals surface area contributed by atoms with Gasteiger partial charge in [-0.25, -0.2) is 0 Å². The summed E-state index contributed by atoms with van der Waals surface area (Å²) < 4.78 is 28.9. The zero-order chi connectivity index (χ0) is 20.5. The molecule has 1 fully saturated rings. The molecule has 0 radical (unpaired) electrons. The molecule has 8 heteroatoms. The molecule has 1 aromatic carbocycles. The number of benzene rings is 1. The molecule has 0 bridgehead atoms. The highest BCUT2D eigenvalue weighted by Gasteiger charge is 2.19. The summed E-state index contributed by atoms with van der Waals surface area (Å²) >= 11 is 0. The zero-order valence-corrected chi connectivity index (χ0v) is 17.4. The van der Waals surface area contributed by atoms with Gasteiger partial charge >= 0.3 is 6.61 Å². The molecule has 1 N–H and O–H groups in total. The van der Waals surface area contributed by atoms with E-state index in [9.17, 15) is 8.78 Å². The van der Waals surface area contributed by atoms with Crippen molar-refractivity contribution < 1.29 is 13.5 Å². The van der Waals surface area contributed by atoms with Crippen molar-refractivity contribution in [2.45, 2.75) is 33.0 Å². The molecule has 28 heavy (non-hydrogen) atoms. The van der Waals surface area contributed by atoms with Gasteiger partial charge in [0.05, 0.1) is 6.54 Å². The monoisotopic (exact) mass is 397 g/mol. The Balaban J connectivity index is 1.92. The van der Waals surface area contributed by atoms with Crippen LogP contribution in [0.4, 0.5) is 8.78 Å². The summed E-state index contributed by atoms with van der Waals surface area (Å²) in [5, 5.41) is 3.33. The SMILES string of the molecule is CCNC(=NCC(C)N1CCN(C)CC1)N(C)Cc1ccc(OC(F)F)cc1. The van der Waals surface area contributed by atoms with E-state index in [1.165, 1.54) is 0 Å². The Morgan fingerprint density at radius 1 is 1.21 bits per heavy atom. The van der Waals surface area contributed by atoms with Crippen LogP contribution in [0.5, 0.6) is 5.75 Å². The van der Waals surface area contributed by atoms with Gasteiger partial charge in [0, 0.05) is 52.4 Å². The zero-order valence-electron chi connectivity index (χ0n) is 17.4. The predicted octanol–water partition coefficient (Wildman–Crippen LogP) is 2.32. The van der Waals surface area contributed by atoms with Crippen LogP contribution in [0, 0.1) is 0 Å². The first-order valence-electron chi connectivity index (χ1n) is 9.84. The fourth-order valence-corrected chi connectivity index (χ4v) is 3.19. The van der Waals surface area contributed by atoms with Gasteiger partial charge in [-0.3, -0.25) is 9.89 Å². The number of halogens is 2. The normalized spacial score (nSPS) is 17.6. The molecule has 1 atom stereocenters. The Labute approximate surface area is 167 Å². The quantitative estimate of drug-likeness (QED) is 0.539.